The fourth-order valence-corrected chi connectivity index (χ4v) is 4.81. The quantitative estimate of drug-likeness (QED) is 0.499. The number of halogens is 3. The first-order valence-electron chi connectivity index (χ1n) is 10.1. The van der Waals surface area contributed by atoms with Crippen molar-refractivity contribution in [3.8, 4) is 0 Å². The summed E-state index contributed by atoms with van der Waals surface area (Å²) in [5, 5.41) is 0.489. The second-order valence-electron chi connectivity index (χ2n) is 7.45. The molecule has 176 valence electrons. The fourth-order valence-electron chi connectivity index (χ4n) is 3.54. The summed E-state index contributed by atoms with van der Waals surface area (Å²) < 4.78 is 68.9. The first-order valence-corrected chi connectivity index (χ1v) is 11.6. The van der Waals surface area contributed by atoms with Crippen molar-refractivity contribution in [3.63, 3.8) is 0 Å². The van der Waals surface area contributed by atoms with Crippen LogP contribution in [0, 0.1) is 0 Å². The summed E-state index contributed by atoms with van der Waals surface area (Å²) in [6.45, 7) is 1.85. The normalized spacial score (nSPS) is 12.1. The van der Waals surface area contributed by atoms with Crippen LogP contribution in [0.25, 0.3) is 10.9 Å². The van der Waals surface area contributed by atoms with E-state index in [1.807, 2.05) is 6.92 Å². The Bertz CT molecular complexity index is 1310. The molecule has 3 aromatic rings. The molecule has 0 bridgehead atoms. The molecule has 1 heterocycles. The largest absolute Gasteiger partial charge is 0.417 e. The van der Waals surface area contributed by atoms with Crippen LogP contribution >= 0.6 is 0 Å². The summed E-state index contributed by atoms with van der Waals surface area (Å²) in [7, 11) is -4.55. The highest BCUT2D eigenvalue weighted by atomic mass is 32.2. The van der Waals surface area contributed by atoms with E-state index in [1.165, 1.54) is 28.8 Å². The Morgan fingerprint density at radius 3 is 2.39 bits per heavy atom. The molecule has 0 aliphatic carbocycles. The number of carbonyl (C=O) groups excluding carboxylic acids is 2. The molecule has 3 N–H and O–H groups in total. The van der Waals surface area contributed by atoms with Gasteiger partial charge in [-0.25, -0.2) is 8.42 Å². The van der Waals surface area contributed by atoms with Gasteiger partial charge in [0.1, 0.15) is 0 Å². The van der Waals surface area contributed by atoms with Gasteiger partial charge in [-0.1, -0.05) is 19.1 Å². The van der Waals surface area contributed by atoms with Crippen molar-refractivity contribution in [2.45, 2.75) is 43.7 Å². The highest BCUT2D eigenvalue weighted by Crippen LogP contribution is 2.35. The lowest BCUT2D eigenvalue weighted by Gasteiger charge is -2.14. The van der Waals surface area contributed by atoms with Crippen molar-refractivity contribution < 1.29 is 31.2 Å². The monoisotopic (exact) mass is 481 g/mol. The summed E-state index contributed by atoms with van der Waals surface area (Å²) in [6.07, 6.45) is -3.76. The van der Waals surface area contributed by atoms with Crippen molar-refractivity contribution in [1.82, 2.24) is 4.57 Å². The molecule has 0 aliphatic rings. The van der Waals surface area contributed by atoms with Gasteiger partial charge in [0.05, 0.1) is 16.0 Å². The van der Waals surface area contributed by atoms with Gasteiger partial charge in [0.15, 0.2) is 0 Å². The smallest absolute Gasteiger partial charge is 0.370 e. The van der Waals surface area contributed by atoms with Gasteiger partial charge in [-0.15, -0.1) is 0 Å². The van der Waals surface area contributed by atoms with Crippen molar-refractivity contribution in [2.24, 2.45) is 5.73 Å². The van der Waals surface area contributed by atoms with Crippen LogP contribution in [0.2, 0.25) is 0 Å². The number of nitrogens with two attached hydrogens (primary N) is 1. The maximum Gasteiger partial charge on any atom is 0.417 e. The van der Waals surface area contributed by atoms with Crippen LogP contribution in [0.5, 0.6) is 0 Å². The van der Waals surface area contributed by atoms with Gasteiger partial charge in [-0.2, -0.15) is 13.2 Å². The lowest BCUT2D eigenvalue weighted by Crippen LogP contribution is -2.19. The number of anilines is 1. The molecule has 1 aromatic heterocycles. The Hall–Kier alpha value is -3.34. The molecular weight excluding hydrogens is 459 g/mol. The van der Waals surface area contributed by atoms with E-state index in [0.29, 0.717) is 29.1 Å². The molecule has 33 heavy (non-hydrogen) atoms. The molecule has 0 radical (unpaired) electrons. The molecule has 0 aliphatic heterocycles. The number of sulfonamides is 1. The first kappa shape index (κ1) is 24.3. The third-order valence-electron chi connectivity index (χ3n) is 4.95. The lowest BCUT2D eigenvalue weighted by molar-refractivity contribution is -0.139. The number of carbonyl (C=O) groups is 2. The summed E-state index contributed by atoms with van der Waals surface area (Å²) in [6, 6.07) is 9.82. The van der Waals surface area contributed by atoms with Crippen molar-refractivity contribution in [1.29, 1.82) is 0 Å². The average Bonchev–Trinajstić information content (AvgIpc) is 3.09. The zero-order chi connectivity index (χ0) is 24.4. The molecule has 0 spiro atoms. The predicted octanol–water partition coefficient (Wildman–Crippen LogP) is 4.32. The highest BCUT2D eigenvalue weighted by Gasteiger charge is 2.37. The lowest BCUT2D eigenvalue weighted by atomic mass is 10.2. The molecule has 0 fully saturated rings. The number of alkyl halides is 3. The molecule has 2 aromatic carbocycles. The minimum atomic E-state index is -4.85. The Balaban J connectivity index is 2.02. The Morgan fingerprint density at radius 2 is 1.76 bits per heavy atom. The maximum atomic E-state index is 13.3. The summed E-state index contributed by atoms with van der Waals surface area (Å²) in [4.78, 5) is 23.0. The van der Waals surface area contributed by atoms with Crippen LogP contribution < -0.4 is 10.5 Å². The summed E-state index contributed by atoms with van der Waals surface area (Å²) >= 11 is 0. The average molecular weight is 481 g/mol. The predicted molar refractivity (Wildman–Crippen MR) is 117 cm³/mol. The number of aromatic nitrogens is 1. The summed E-state index contributed by atoms with van der Waals surface area (Å²) in [5.74, 6) is -0.731. The number of aryl methyl sites for hydroxylation is 1. The Labute approximate surface area is 188 Å². The van der Waals surface area contributed by atoms with E-state index >= 15 is 0 Å². The molecule has 0 saturated carbocycles. The van der Waals surface area contributed by atoms with E-state index in [0.717, 1.165) is 12.1 Å². The van der Waals surface area contributed by atoms with E-state index in [2.05, 4.69) is 4.72 Å². The zero-order valence-corrected chi connectivity index (χ0v) is 18.5. The van der Waals surface area contributed by atoms with Crippen LogP contribution in [-0.4, -0.2) is 24.8 Å². The third-order valence-corrected chi connectivity index (χ3v) is 6.39. The van der Waals surface area contributed by atoms with E-state index in [1.54, 1.807) is 6.07 Å². The number of benzene rings is 2. The van der Waals surface area contributed by atoms with Crippen LogP contribution in [0.4, 0.5) is 18.9 Å². The van der Waals surface area contributed by atoms with Gasteiger partial charge in [0.25, 0.3) is 10.0 Å². The molecule has 7 nitrogen and oxygen atoms in total. The van der Waals surface area contributed by atoms with Crippen LogP contribution in [0.3, 0.4) is 0 Å². The SMILES string of the molecule is CCCC(=O)n1c(CCC(N)=O)cc2cc(NS(=O)(=O)c3ccccc3C(F)(F)F)ccc21. The van der Waals surface area contributed by atoms with Gasteiger partial charge in [-0.3, -0.25) is 18.9 Å². The topological polar surface area (TPSA) is 111 Å². The van der Waals surface area contributed by atoms with Crippen molar-refractivity contribution in [2.75, 3.05) is 4.72 Å². The molecule has 0 atom stereocenters. The Morgan fingerprint density at radius 1 is 1.06 bits per heavy atom. The minimum absolute atomic E-state index is 0.0173. The van der Waals surface area contributed by atoms with Crippen molar-refractivity contribution >= 4 is 38.4 Å². The number of nitrogens with one attached hydrogen (secondary N) is 1. The number of hydrogen-bond donors (Lipinski definition) is 2. The second kappa shape index (κ2) is 9.26. The highest BCUT2D eigenvalue weighted by molar-refractivity contribution is 7.92. The first-order chi connectivity index (χ1) is 15.4. The van der Waals surface area contributed by atoms with E-state index in [9.17, 15) is 31.2 Å². The fraction of sp³-hybridized carbons (Fsp3) is 0.273. The standard InChI is InChI=1S/C22H22F3N3O4S/c1-2-5-21(30)28-16(9-11-20(26)29)13-14-12-15(8-10-18(14)28)27-33(31,32)19-7-4-3-6-17(19)22(23,24)25/h3-4,6-8,10,12-13,27H,2,5,9,11H2,1H3,(H2,26,29). The van der Waals surface area contributed by atoms with E-state index in [-0.39, 0.29) is 30.9 Å². The second-order valence-corrected chi connectivity index (χ2v) is 9.10. The number of nitrogens with zero attached hydrogens (tertiary/aromatic N) is 1. The molecular formula is C22H22F3N3O4S. The number of fused-ring (bicyclic) bond motifs is 1. The van der Waals surface area contributed by atoms with Gasteiger partial charge in [-0.05, 0) is 49.2 Å². The molecule has 1 amide bonds. The number of amides is 1. The van der Waals surface area contributed by atoms with Crippen LogP contribution in [-0.2, 0) is 27.4 Å². The minimum Gasteiger partial charge on any atom is -0.370 e. The number of hydrogen-bond acceptors (Lipinski definition) is 4. The van der Waals surface area contributed by atoms with E-state index < -0.39 is 32.6 Å². The van der Waals surface area contributed by atoms with Crippen LogP contribution in [0.15, 0.2) is 53.4 Å². The Kier molecular flexibility index (Phi) is 6.82. The molecule has 11 heteroatoms. The zero-order valence-electron chi connectivity index (χ0n) is 17.6. The number of primary amides is 1. The maximum absolute atomic E-state index is 13.3. The third kappa shape index (κ3) is 5.36. The molecule has 0 saturated heterocycles. The van der Waals surface area contributed by atoms with E-state index in [4.69, 9.17) is 5.73 Å². The summed E-state index contributed by atoms with van der Waals surface area (Å²) in [5.41, 5.74) is 5.00. The van der Waals surface area contributed by atoms with Crippen molar-refractivity contribution in [3.05, 3.63) is 59.8 Å². The molecule has 3 rings (SSSR count). The van der Waals surface area contributed by atoms with Gasteiger partial charge in [0.2, 0.25) is 11.8 Å². The number of rotatable bonds is 8. The van der Waals surface area contributed by atoms with Gasteiger partial charge < -0.3 is 5.73 Å². The molecule has 0 unspecified atom stereocenters. The van der Waals surface area contributed by atoms with Gasteiger partial charge >= 0.3 is 6.18 Å². The van der Waals surface area contributed by atoms with Gasteiger partial charge in [0, 0.05) is 29.6 Å². The van der Waals surface area contributed by atoms with Crippen LogP contribution in [0.1, 0.15) is 42.2 Å².